The first kappa shape index (κ1) is 10.5. The van der Waals surface area contributed by atoms with Crippen molar-refractivity contribution in [3.63, 3.8) is 0 Å². The molecule has 1 aromatic carbocycles. The monoisotopic (exact) mass is 196 g/mol. The maximum Gasteiger partial charge on any atom is 0.315 e. The molecule has 1 aromatic rings. The van der Waals surface area contributed by atoms with Gasteiger partial charge in [0.1, 0.15) is 11.7 Å². The number of carbonyl (C=O) groups is 1. The van der Waals surface area contributed by atoms with Gasteiger partial charge in [-0.15, -0.1) is 0 Å². The molecule has 14 heavy (non-hydrogen) atoms. The van der Waals surface area contributed by atoms with Gasteiger partial charge in [-0.05, 0) is 17.7 Å². The van der Waals surface area contributed by atoms with Gasteiger partial charge >= 0.3 is 5.97 Å². The number of methoxy groups -OCH3 is 1. The molecule has 1 atom stereocenters. The van der Waals surface area contributed by atoms with Crippen LogP contribution in [-0.4, -0.2) is 29.9 Å². The molecule has 0 amide bonds. The zero-order valence-corrected chi connectivity index (χ0v) is 7.80. The molecular weight excluding hydrogens is 184 g/mol. The van der Waals surface area contributed by atoms with E-state index in [9.17, 15) is 4.79 Å². The largest absolute Gasteiger partial charge is 0.508 e. The van der Waals surface area contributed by atoms with Gasteiger partial charge in [-0.25, -0.2) is 0 Å². The number of aromatic hydroxyl groups is 1. The molecule has 1 unspecified atom stereocenters. The van der Waals surface area contributed by atoms with Crippen LogP contribution in [0, 0.1) is 0 Å². The van der Waals surface area contributed by atoms with Gasteiger partial charge < -0.3 is 14.9 Å². The van der Waals surface area contributed by atoms with E-state index in [2.05, 4.69) is 4.74 Å². The second-order valence-corrected chi connectivity index (χ2v) is 2.85. The fourth-order valence-electron chi connectivity index (χ4n) is 1.16. The normalized spacial score (nSPS) is 12.1. The number of phenols is 1. The van der Waals surface area contributed by atoms with Crippen molar-refractivity contribution in [2.45, 2.75) is 5.92 Å². The highest BCUT2D eigenvalue weighted by Gasteiger charge is 2.19. The predicted octanol–water partition coefficient (Wildman–Crippen LogP) is 0.641. The molecule has 0 bridgehead atoms. The number of aliphatic hydroxyl groups excluding tert-OH is 1. The van der Waals surface area contributed by atoms with E-state index in [4.69, 9.17) is 10.2 Å². The van der Waals surface area contributed by atoms with Gasteiger partial charge in [0.15, 0.2) is 0 Å². The zero-order chi connectivity index (χ0) is 10.6. The highest BCUT2D eigenvalue weighted by Crippen LogP contribution is 2.19. The Labute approximate surface area is 81.8 Å². The van der Waals surface area contributed by atoms with Crippen molar-refractivity contribution in [1.82, 2.24) is 0 Å². The highest BCUT2D eigenvalue weighted by molar-refractivity contribution is 5.78. The summed E-state index contributed by atoms with van der Waals surface area (Å²) >= 11 is 0. The highest BCUT2D eigenvalue weighted by atomic mass is 16.5. The van der Waals surface area contributed by atoms with Gasteiger partial charge in [0.25, 0.3) is 0 Å². The third-order valence-electron chi connectivity index (χ3n) is 1.96. The maximum atomic E-state index is 11.2. The van der Waals surface area contributed by atoms with Crippen molar-refractivity contribution in [1.29, 1.82) is 0 Å². The third kappa shape index (κ3) is 2.23. The van der Waals surface area contributed by atoms with Crippen LogP contribution in [0.5, 0.6) is 5.75 Å². The second-order valence-electron chi connectivity index (χ2n) is 2.85. The quantitative estimate of drug-likeness (QED) is 0.696. The van der Waals surface area contributed by atoms with Gasteiger partial charge in [0.2, 0.25) is 0 Å². The van der Waals surface area contributed by atoms with Crippen LogP contribution < -0.4 is 0 Å². The smallest absolute Gasteiger partial charge is 0.315 e. The molecule has 1 rings (SSSR count). The number of esters is 1. The van der Waals surface area contributed by atoms with Crippen LogP contribution in [0.1, 0.15) is 11.5 Å². The average molecular weight is 196 g/mol. The SMILES string of the molecule is COC(=O)C(CO)c1ccc(O)cc1. The summed E-state index contributed by atoms with van der Waals surface area (Å²) < 4.78 is 4.53. The lowest BCUT2D eigenvalue weighted by molar-refractivity contribution is -0.143. The Hall–Kier alpha value is -1.55. The Kier molecular flexibility index (Phi) is 3.48. The molecule has 0 saturated carbocycles. The lowest BCUT2D eigenvalue weighted by Crippen LogP contribution is -2.17. The summed E-state index contributed by atoms with van der Waals surface area (Å²) in [6, 6.07) is 6.07. The average Bonchev–Trinajstić information content (AvgIpc) is 2.21. The lowest BCUT2D eigenvalue weighted by atomic mass is 10.0. The maximum absolute atomic E-state index is 11.2. The van der Waals surface area contributed by atoms with Crippen LogP contribution in [0.2, 0.25) is 0 Å². The standard InChI is InChI=1S/C10H12O4/c1-14-10(13)9(6-11)7-2-4-8(12)5-3-7/h2-5,9,11-12H,6H2,1H3. The molecule has 0 saturated heterocycles. The van der Waals surface area contributed by atoms with E-state index in [1.54, 1.807) is 12.1 Å². The number of hydrogen-bond acceptors (Lipinski definition) is 4. The van der Waals surface area contributed by atoms with Crippen LogP contribution in [0.15, 0.2) is 24.3 Å². The van der Waals surface area contributed by atoms with Crippen molar-refractivity contribution in [3.8, 4) is 5.75 Å². The zero-order valence-electron chi connectivity index (χ0n) is 7.80. The Balaban J connectivity index is 2.89. The van der Waals surface area contributed by atoms with E-state index in [0.717, 1.165) is 0 Å². The van der Waals surface area contributed by atoms with Crippen molar-refractivity contribution in [2.75, 3.05) is 13.7 Å². The third-order valence-corrected chi connectivity index (χ3v) is 1.96. The predicted molar refractivity (Wildman–Crippen MR) is 49.9 cm³/mol. The number of ether oxygens (including phenoxy) is 1. The summed E-state index contributed by atoms with van der Waals surface area (Å²) in [7, 11) is 1.27. The van der Waals surface area contributed by atoms with Gasteiger partial charge in [0, 0.05) is 0 Å². The van der Waals surface area contributed by atoms with E-state index in [-0.39, 0.29) is 12.4 Å². The molecule has 0 heterocycles. The molecule has 4 nitrogen and oxygen atoms in total. The number of carbonyl (C=O) groups excluding carboxylic acids is 1. The summed E-state index contributed by atoms with van der Waals surface area (Å²) in [6.07, 6.45) is 0. The van der Waals surface area contributed by atoms with Crippen LogP contribution >= 0.6 is 0 Å². The van der Waals surface area contributed by atoms with Crippen LogP contribution in [0.4, 0.5) is 0 Å². The first-order valence-corrected chi connectivity index (χ1v) is 4.16. The minimum absolute atomic E-state index is 0.121. The molecular formula is C10H12O4. The Morgan fingerprint density at radius 1 is 1.43 bits per heavy atom. The molecule has 0 radical (unpaired) electrons. The van der Waals surface area contributed by atoms with Gasteiger partial charge in [-0.2, -0.15) is 0 Å². The van der Waals surface area contributed by atoms with Gasteiger partial charge in [-0.3, -0.25) is 4.79 Å². The first-order chi connectivity index (χ1) is 6.69. The molecule has 0 fully saturated rings. The molecule has 0 aliphatic heterocycles. The minimum atomic E-state index is -0.680. The van der Waals surface area contributed by atoms with Crippen molar-refractivity contribution < 1.29 is 19.7 Å². The summed E-state index contributed by atoms with van der Waals surface area (Å²) in [5.41, 5.74) is 0.622. The van der Waals surface area contributed by atoms with Crippen molar-refractivity contribution >= 4 is 5.97 Å². The minimum Gasteiger partial charge on any atom is -0.508 e. The van der Waals surface area contributed by atoms with E-state index in [1.165, 1.54) is 19.2 Å². The summed E-state index contributed by atoms with van der Waals surface area (Å²) in [5.74, 6) is -1.05. The van der Waals surface area contributed by atoms with Crippen LogP contribution in [-0.2, 0) is 9.53 Å². The fourth-order valence-corrected chi connectivity index (χ4v) is 1.16. The summed E-state index contributed by atoms with van der Waals surface area (Å²) in [5, 5.41) is 18.0. The van der Waals surface area contributed by atoms with E-state index >= 15 is 0 Å². The van der Waals surface area contributed by atoms with Crippen molar-refractivity contribution in [2.24, 2.45) is 0 Å². The number of hydrogen-bond donors (Lipinski definition) is 2. The second kappa shape index (κ2) is 4.62. The van der Waals surface area contributed by atoms with Crippen LogP contribution in [0.25, 0.3) is 0 Å². The van der Waals surface area contributed by atoms with Crippen molar-refractivity contribution in [3.05, 3.63) is 29.8 Å². The topological polar surface area (TPSA) is 66.8 Å². The number of benzene rings is 1. The Bertz CT molecular complexity index is 304. The van der Waals surface area contributed by atoms with Gasteiger partial charge in [-0.1, -0.05) is 12.1 Å². The molecule has 0 aliphatic rings. The molecule has 0 aliphatic carbocycles. The molecule has 76 valence electrons. The molecule has 0 aromatic heterocycles. The van der Waals surface area contributed by atoms with Gasteiger partial charge in [0.05, 0.1) is 13.7 Å². The fraction of sp³-hybridized carbons (Fsp3) is 0.300. The van der Waals surface area contributed by atoms with E-state index in [0.29, 0.717) is 5.56 Å². The summed E-state index contributed by atoms with van der Waals surface area (Å²) in [6.45, 7) is -0.308. The summed E-state index contributed by atoms with van der Waals surface area (Å²) in [4.78, 5) is 11.2. The number of phenolic OH excluding ortho intramolecular Hbond substituents is 1. The van der Waals surface area contributed by atoms with Crippen LogP contribution in [0.3, 0.4) is 0 Å². The van der Waals surface area contributed by atoms with E-state index in [1.807, 2.05) is 0 Å². The lowest BCUT2D eigenvalue weighted by Gasteiger charge is -2.11. The Morgan fingerprint density at radius 2 is 2.00 bits per heavy atom. The molecule has 4 heteroatoms. The number of rotatable bonds is 3. The number of aliphatic hydroxyl groups is 1. The molecule has 0 spiro atoms. The Morgan fingerprint density at radius 3 is 2.43 bits per heavy atom. The molecule has 2 N–H and O–H groups in total. The van der Waals surface area contributed by atoms with E-state index < -0.39 is 11.9 Å². The first-order valence-electron chi connectivity index (χ1n) is 4.16.